The van der Waals surface area contributed by atoms with Gasteiger partial charge in [0.1, 0.15) is 0 Å². The molecule has 0 aliphatic heterocycles. The van der Waals surface area contributed by atoms with Gasteiger partial charge < -0.3 is 5.32 Å². The number of rotatable bonds is 4. The van der Waals surface area contributed by atoms with Crippen LogP contribution in [0.15, 0.2) is 54.6 Å². The third-order valence-electron chi connectivity index (χ3n) is 3.63. The molecule has 1 saturated carbocycles. The molecule has 2 aromatic rings. The SMILES string of the molecule is O=C(NC(c1ccccc1)C1CC1)c1cccc(Cl)c1. The van der Waals surface area contributed by atoms with E-state index in [2.05, 4.69) is 17.4 Å². The molecule has 3 heteroatoms. The zero-order valence-corrected chi connectivity index (χ0v) is 11.8. The van der Waals surface area contributed by atoms with E-state index in [1.807, 2.05) is 18.2 Å². The van der Waals surface area contributed by atoms with Gasteiger partial charge in [0.2, 0.25) is 0 Å². The van der Waals surface area contributed by atoms with Crippen LogP contribution in [0.25, 0.3) is 0 Å². The summed E-state index contributed by atoms with van der Waals surface area (Å²) in [5.74, 6) is 0.494. The van der Waals surface area contributed by atoms with E-state index in [0.717, 1.165) is 0 Å². The molecule has 0 heterocycles. The van der Waals surface area contributed by atoms with Crippen LogP contribution < -0.4 is 5.32 Å². The monoisotopic (exact) mass is 285 g/mol. The summed E-state index contributed by atoms with van der Waals surface area (Å²) in [6.45, 7) is 0. The number of amides is 1. The Kier molecular flexibility index (Phi) is 3.75. The molecule has 0 radical (unpaired) electrons. The van der Waals surface area contributed by atoms with Crippen LogP contribution in [0.3, 0.4) is 0 Å². The van der Waals surface area contributed by atoms with Crippen molar-refractivity contribution in [1.29, 1.82) is 0 Å². The van der Waals surface area contributed by atoms with E-state index in [1.165, 1.54) is 18.4 Å². The predicted octanol–water partition coefficient (Wildman–Crippen LogP) is 4.22. The van der Waals surface area contributed by atoms with Crippen LogP contribution in [0.5, 0.6) is 0 Å². The molecule has 3 rings (SSSR count). The van der Waals surface area contributed by atoms with Crippen LogP contribution in [0, 0.1) is 5.92 Å². The Bertz CT molecular complexity index is 607. The second kappa shape index (κ2) is 5.68. The number of carbonyl (C=O) groups excluding carboxylic acids is 1. The van der Waals surface area contributed by atoms with Crippen LogP contribution in [0.2, 0.25) is 5.02 Å². The zero-order chi connectivity index (χ0) is 13.9. The van der Waals surface area contributed by atoms with Gasteiger partial charge in [-0.15, -0.1) is 0 Å². The summed E-state index contributed by atoms with van der Waals surface area (Å²) in [4.78, 5) is 12.3. The normalized spacial score (nSPS) is 15.7. The molecule has 1 atom stereocenters. The minimum atomic E-state index is -0.0618. The van der Waals surface area contributed by atoms with Gasteiger partial charge in [0, 0.05) is 10.6 Å². The van der Waals surface area contributed by atoms with Crippen LogP contribution in [0.1, 0.15) is 34.8 Å². The highest BCUT2D eigenvalue weighted by molar-refractivity contribution is 6.30. The molecular formula is C17H16ClNO. The van der Waals surface area contributed by atoms with Gasteiger partial charge in [0.15, 0.2) is 0 Å². The van der Waals surface area contributed by atoms with Crippen LogP contribution in [-0.4, -0.2) is 5.91 Å². The smallest absolute Gasteiger partial charge is 0.251 e. The summed E-state index contributed by atoms with van der Waals surface area (Å²) < 4.78 is 0. The fraction of sp³-hybridized carbons (Fsp3) is 0.235. The standard InChI is InChI=1S/C17H16ClNO/c18-15-8-4-7-14(11-15)17(20)19-16(13-9-10-13)12-5-2-1-3-6-12/h1-8,11,13,16H,9-10H2,(H,19,20). The van der Waals surface area contributed by atoms with Gasteiger partial charge >= 0.3 is 0 Å². The third kappa shape index (κ3) is 3.02. The van der Waals surface area contributed by atoms with Crippen molar-refractivity contribution in [2.45, 2.75) is 18.9 Å². The number of benzene rings is 2. The first kappa shape index (κ1) is 13.2. The fourth-order valence-electron chi connectivity index (χ4n) is 2.42. The summed E-state index contributed by atoms with van der Waals surface area (Å²) in [6.07, 6.45) is 2.35. The van der Waals surface area contributed by atoms with Gasteiger partial charge in [-0.3, -0.25) is 4.79 Å². The predicted molar refractivity (Wildman–Crippen MR) is 80.8 cm³/mol. The van der Waals surface area contributed by atoms with Crippen molar-refractivity contribution in [3.05, 3.63) is 70.7 Å². The molecule has 1 fully saturated rings. The highest BCUT2D eigenvalue weighted by Crippen LogP contribution is 2.41. The quantitative estimate of drug-likeness (QED) is 0.895. The summed E-state index contributed by atoms with van der Waals surface area (Å²) in [6, 6.07) is 17.3. The maximum atomic E-state index is 12.3. The summed E-state index contributed by atoms with van der Waals surface area (Å²) in [5, 5.41) is 3.72. The minimum Gasteiger partial charge on any atom is -0.345 e. The van der Waals surface area contributed by atoms with E-state index < -0.39 is 0 Å². The van der Waals surface area contributed by atoms with E-state index in [-0.39, 0.29) is 11.9 Å². The molecule has 0 bridgehead atoms. The first-order valence-corrected chi connectivity index (χ1v) is 7.23. The number of carbonyl (C=O) groups is 1. The van der Waals surface area contributed by atoms with E-state index in [1.54, 1.807) is 24.3 Å². The van der Waals surface area contributed by atoms with E-state index in [0.29, 0.717) is 16.5 Å². The maximum absolute atomic E-state index is 12.3. The molecule has 1 N–H and O–H groups in total. The van der Waals surface area contributed by atoms with Crippen molar-refractivity contribution in [2.24, 2.45) is 5.92 Å². The zero-order valence-electron chi connectivity index (χ0n) is 11.1. The number of halogens is 1. The number of hydrogen-bond acceptors (Lipinski definition) is 1. The van der Waals surface area contributed by atoms with Crippen molar-refractivity contribution in [1.82, 2.24) is 5.32 Å². The first-order chi connectivity index (χ1) is 9.74. The Morgan fingerprint density at radius 1 is 1.10 bits per heavy atom. The lowest BCUT2D eigenvalue weighted by atomic mass is 10.0. The molecule has 0 spiro atoms. The Morgan fingerprint density at radius 3 is 2.50 bits per heavy atom. The van der Waals surface area contributed by atoms with Crippen LogP contribution >= 0.6 is 11.6 Å². The molecule has 102 valence electrons. The minimum absolute atomic E-state index is 0.0618. The maximum Gasteiger partial charge on any atom is 0.251 e. The average molecular weight is 286 g/mol. The average Bonchev–Trinajstić information content (AvgIpc) is 3.30. The van der Waals surface area contributed by atoms with Crippen LogP contribution in [-0.2, 0) is 0 Å². The molecule has 0 aromatic heterocycles. The lowest BCUT2D eigenvalue weighted by Gasteiger charge is -2.19. The van der Waals surface area contributed by atoms with Crippen molar-refractivity contribution in [2.75, 3.05) is 0 Å². The number of nitrogens with one attached hydrogen (secondary N) is 1. The van der Waals surface area contributed by atoms with Crippen molar-refractivity contribution >= 4 is 17.5 Å². The lowest BCUT2D eigenvalue weighted by Crippen LogP contribution is -2.29. The fourth-order valence-corrected chi connectivity index (χ4v) is 2.61. The Morgan fingerprint density at radius 2 is 1.85 bits per heavy atom. The second-order valence-electron chi connectivity index (χ2n) is 5.21. The van der Waals surface area contributed by atoms with Crippen molar-refractivity contribution in [3.8, 4) is 0 Å². The van der Waals surface area contributed by atoms with E-state index in [9.17, 15) is 4.79 Å². The molecular weight excluding hydrogens is 270 g/mol. The van der Waals surface area contributed by atoms with E-state index >= 15 is 0 Å². The highest BCUT2D eigenvalue weighted by Gasteiger charge is 2.33. The molecule has 0 saturated heterocycles. The van der Waals surface area contributed by atoms with Gasteiger partial charge in [0.25, 0.3) is 5.91 Å². The summed E-state index contributed by atoms with van der Waals surface area (Å²) in [5.41, 5.74) is 1.78. The Balaban J connectivity index is 1.79. The topological polar surface area (TPSA) is 29.1 Å². The third-order valence-corrected chi connectivity index (χ3v) is 3.86. The van der Waals surface area contributed by atoms with Crippen molar-refractivity contribution in [3.63, 3.8) is 0 Å². The van der Waals surface area contributed by atoms with Crippen LogP contribution in [0.4, 0.5) is 0 Å². The van der Waals surface area contributed by atoms with Crippen molar-refractivity contribution < 1.29 is 4.79 Å². The second-order valence-corrected chi connectivity index (χ2v) is 5.65. The molecule has 2 nitrogen and oxygen atoms in total. The molecule has 1 aliphatic rings. The highest BCUT2D eigenvalue weighted by atomic mass is 35.5. The Labute approximate surface area is 123 Å². The van der Waals surface area contributed by atoms with E-state index in [4.69, 9.17) is 11.6 Å². The lowest BCUT2D eigenvalue weighted by molar-refractivity contribution is 0.0931. The molecule has 1 unspecified atom stereocenters. The molecule has 1 aliphatic carbocycles. The van der Waals surface area contributed by atoms with Gasteiger partial charge in [0.05, 0.1) is 6.04 Å². The summed E-state index contributed by atoms with van der Waals surface area (Å²) in [7, 11) is 0. The number of hydrogen-bond donors (Lipinski definition) is 1. The molecule has 20 heavy (non-hydrogen) atoms. The largest absolute Gasteiger partial charge is 0.345 e. The van der Waals surface area contributed by atoms with Gasteiger partial charge in [-0.2, -0.15) is 0 Å². The molecule has 1 amide bonds. The first-order valence-electron chi connectivity index (χ1n) is 6.85. The van der Waals surface area contributed by atoms with Gasteiger partial charge in [-0.1, -0.05) is 48.0 Å². The van der Waals surface area contributed by atoms with Gasteiger partial charge in [-0.25, -0.2) is 0 Å². The molecule has 2 aromatic carbocycles. The Hall–Kier alpha value is -1.80. The van der Waals surface area contributed by atoms with Gasteiger partial charge in [-0.05, 0) is 42.5 Å². The summed E-state index contributed by atoms with van der Waals surface area (Å²) >= 11 is 5.94.